The van der Waals surface area contributed by atoms with Crippen molar-refractivity contribution in [1.29, 1.82) is 0 Å². The molecule has 0 bridgehead atoms. The van der Waals surface area contributed by atoms with E-state index in [4.69, 9.17) is 5.11 Å². The van der Waals surface area contributed by atoms with Gasteiger partial charge in [-0.3, -0.25) is 4.79 Å². The second-order valence-corrected chi connectivity index (χ2v) is 5.50. The van der Waals surface area contributed by atoms with Gasteiger partial charge in [-0.2, -0.15) is 0 Å². The van der Waals surface area contributed by atoms with Crippen molar-refractivity contribution < 1.29 is 15.0 Å². The zero-order chi connectivity index (χ0) is 15.8. The van der Waals surface area contributed by atoms with E-state index < -0.39 is 18.1 Å². The topological polar surface area (TPSA) is 72.8 Å². The van der Waals surface area contributed by atoms with Crippen molar-refractivity contribution in [2.45, 2.75) is 31.9 Å². The number of nitrogens with one attached hydrogen (secondary N) is 1. The van der Waals surface area contributed by atoms with E-state index in [0.29, 0.717) is 6.54 Å². The average Bonchev–Trinajstić information content (AvgIpc) is 2.45. The maximum atomic E-state index is 11.0. The van der Waals surface area contributed by atoms with E-state index in [1.807, 2.05) is 43.3 Å². The minimum Gasteiger partial charge on any atom is -0.481 e. The van der Waals surface area contributed by atoms with Crippen molar-refractivity contribution in [1.82, 2.24) is 10.2 Å². The number of rotatable bonds is 9. The maximum Gasteiger partial charge on any atom is 0.305 e. The highest BCUT2D eigenvalue weighted by Crippen LogP contribution is 2.20. The normalized spacial score (nSPS) is 14.1. The molecule has 2 atom stereocenters. The minimum absolute atomic E-state index is 0.107. The van der Waals surface area contributed by atoms with Gasteiger partial charge in [0.1, 0.15) is 0 Å². The molecule has 0 fully saturated rings. The number of carboxylic acids is 1. The fourth-order valence-electron chi connectivity index (χ4n) is 2.14. The summed E-state index contributed by atoms with van der Waals surface area (Å²) in [6, 6.07) is 7.18. The molecule has 2 unspecified atom stereocenters. The summed E-state index contributed by atoms with van der Waals surface area (Å²) in [5.74, 6) is -0.915. The summed E-state index contributed by atoms with van der Waals surface area (Å²) < 4.78 is 0. The first-order valence-corrected chi connectivity index (χ1v) is 7.30. The molecule has 0 aromatic heterocycles. The lowest BCUT2D eigenvalue weighted by atomic mass is 9.98. The molecule has 5 heteroatoms. The monoisotopic (exact) mass is 294 g/mol. The van der Waals surface area contributed by atoms with Crippen LogP contribution in [0.3, 0.4) is 0 Å². The first-order chi connectivity index (χ1) is 9.93. The van der Waals surface area contributed by atoms with Gasteiger partial charge in [-0.1, -0.05) is 31.2 Å². The highest BCUT2D eigenvalue weighted by molar-refractivity contribution is 5.67. The molecule has 0 aliphatic heterocycles. The van der Waals surface area contributed by atoms with E-state index in [1.54, 1.807) is 0 Å². The van der Waals surface area contributed by atoms with E-state index in [-0.39, 0.29) is 6.42 Å². The van der Waals surface area contributed by atoms with Gasteiger partial charge in [0.25, 0.3) is 0 Å². The predicted molar refractivity (Wildman–Crippen MR) is 83.4 cm³/mol. The fourth-order valence-corrected chi connectivity index (χ4v) is 2.14. The third-order valence-corrected chi connectivity index (χ3v) is 3.47. The van der Waals surface area contributed by atoms with Gasteiger partial charge in [-0.05, 0) is 31.6 Å². The molecule has 0 amide bonds. The van der Waals surface area contributed by atoms with E-state index in [2.05, 4.69) is 12.2 Å². The number of aliphatic hydroxyl groups is 1. The van der Waals surface area contributed by atoms with Crippen LogP contribution >= 0.6 is 0 Å². The molecular formula is C16H26N2O3. The van der Waals surface area contributed by atoms with Crippen molar-refractivity contribution in [2.24, 2.45) is 0 Å². The third kappa shape index (κ3) is 6.25. The molecule has 0 aliphatic carbocycles. The number of likely N-dealkylation sites (N-methyl/N-ethyl adjacent to an activating group) is 1. The summed E-state index contributed by atoms with van der Waals surface area (Å²) >= 11 is 0. The summed E-state index contributed by atoms with van der Waals surface area (Å²) in [4.78, 5) is 13.0. The number of aliphatic carboxylic acids is 1. The lowest BCUT2D eigenvalue weighted by molar-refractivity contribution is -0.138. The Bertz CT molecular complexity index is 432. The molecule has 1 aromatic rings. The van der Waals surface area contributed by atoms with E-state index in [1.165, 1.54) is 5.56 Å². The molecule has 5 nitrogen and oxygen atoms in total. The molecule has 3 N–H and O–H groups in total. The molecule has 0 aliphatic rings. The van der Waals surface area contributed by atoms with Crippen LogP contribution in [0.2, 0.25) is 0 Å². The zero-order valence-electron chi connectivity index (χ0n) is 13.0. The third-order valence-electron chi connectivity index (χ3n) is 3.47. The highest BCUT2D eigenvalue weighted by Gasteiger charge is 2.23. The lowest BCUT2D eigenvalue weighted by Crippen LogP contribution is -2.40. The van der Waals surface area contributed by atoms with Gasteiger partial charge < -0.3 is 20.4 Å². The number of aliphatic hydroxyl groups excluding tert-OH is 1. The van der Waals surface area contributed by atoms with E-state index >= 15 is 0 Å². The number of aryl methyl sites for hydroxylation is 1. The van der Waals surface area contributed by atoms with Crippen LogP contribution in [-0.4, -0.2) is 54.3 Å². The van der Waals surface area contributed by atoms with Crippen molar-refractivity contribution >= 4 is 5.97 Å². The van der Waals surface area contributed by atoms with Crippen LogP contribution in [0, 0.1) is 0 Å². The van der Waals surface area contributed by atoms with Crippen LogP contribution < -0.4 is 5.32 Å². The lowest BCUT2D eigenvalue weighted by Gasteiger charge is -2.24. The first kappa shape index (κ1) is 17.6. The van der Waals surface area contributed by atoms with Crippen LogP contribution in [0.5, 0.6) is 0 Å². The summed E-state index contributed by atoms with van der Waals surface area (Å²) in [5.41, 5.74) is 1.94. The van der Waals surface area contributed by atoms with Gasteiger partial charge >= 0.3 is 5.97 Å². The Balaban J connectivity index is 2.72. The molecule has 0 heterocycles. The van der Waals surface area contributed by atoms with Gasteiger partial charge in [0.2, 0.25) is 0 Å². The molecule has 1 rings (SSSR count). The Labute approximate surface area is 126 Å². The van der Waals surface area contributed by atoms with Crippen LogP contribution in [-0.2, 0) is 11.2 Å². The Morgan fingerprint density at radius 1 is 1.29 bits per heavy atom. The molecule has 0 spiro atoms. The molecule has 118 valence electrons. The van der Waals surface area contributed by atoms with Crippen LogP contribution in [0.15, 0.2) is 24.3 Å². The molecule has 21 heavy (non-hydrogen) atoms. The summed E-state index contributed by atoms with van der Waals surface area (Å²) in [5, 5.41) is 22.6. The van der Waals surface area contributed by atoms with E-state index in [0.717, 1.165) is 18.5 Å². The summed E-state index contributed by atoms with van der Waals surface area (Å²) in [6.07, 6.45) is 0.00863. The zero-order valence-corrected chi connectivity index (χ0v) is 13.0. The second-order valence-electron chi connectivity index (χ2n) is 5.50. The first-order valence-electron chi connectivity index (χ1n) is 7.30. The fraction of sp³-hybridized carbons (Fsp3) is 0.562. The quantitative estimate of drug-likeness (QED) is 0.640. The molecule has 0 radical (unpaired) electrons. The predicted octanol–water partition coefficient (Wildman–Crippen LogP) is 1.28. The Morgan fingerprint density at radius 2 is 1.90 bits per heavy atom. The smallest absolute Gasteiger partial charge is 0.305 e. The number of hydrogen-bond acceptors (Lipinski definition) is 4. The van der Waals surface area contributed by atoms with Crippen LogP contribution in [0.25, 0.3) is 0 Å². The van der Waals surface area contributed by atoms with Gasteiger partial charge in [0.05, 0.1) is 12.5 Å². The number of carbonyl (C=O) groups is 1. The number of benzene rings is 1. The number of hydrogen-bond donors (Lipinski definition) is 3. The number of carboxylic acid groups (broad SMARTS) is 1. The van der Waals surface area contributed by atoms with Crippen molar-refractivity contribution in [3.05, 3.63) is 35.4 Å². The molecule has 0 saturated carbocycles. The maximum absolute atomic E-state index is 11.0. The Hall–Kier alpha value is -1.43. The highest BCUT2D eigenvalue weighted by atomic mass is 16.4. The average molecular weight is 294 g/mol. The van der Waals surface area contributed by atoms with Gasteiger partial charge in [-0.25, -0.2) is 0 Å². The van der Waals surface area contributed by atoms with E-state index in [9.17, 15) is 9.90 Å². The largest absolute Gasteiger partial charge is 0.481 e. The number of nitrogens with zero attached hydrogens (tertiary/aromatic N) is 1. The molecule has 1 aromatic carbocycles. The van der Waals surface area contributed by atoms with Gasteiger partial charge in [0.15, 0.2) is 0 Å². The molecular weight excluding hydrogens is 268 g/mol. The standard InChI is InChI=1S/C16H26N2O3/c1-4-12-5-7-13(8-6-12)16(21)14(11-15(19)20)17-9-10-18(2)3/h5-8,14,16-17,21H,4,9-11H2,1-3H3,(H,19,20). The minimum atomic E-state index is -0.915. The van der Waals surface area contributed by atoms with Gasteiger partial charge in [0, 0.05) is 19.1 Å². The van der Waals surface area contributed by atoms with Crippen molar-refractivity contribution in [2.75, 3.05) is 27.2 Å². The summed E-state index contributed by atoms with van der Waals surface area (Å²) in [7, 11) is 3.90. The summed E-state index contributed by atoms with van der Waals surface area (Å²) in [6.45, 7) is 3.49. The van der Waals surface area contributed by atoms with Gasteiger partial charge in [-0.15, -0.1) is 0 Å². The molecule has 0 saturated heterocycles. The van der Waals surface area contributed by atoms with Crippen molar-refractivity contribution in [3.8, 4) is 0 Å². The van der Waals surface area contributed by atoms with Crippen LogP contribution in [0.4, 0.5) is 0 Å². The van der Waals surface area contributed by atoms with Crippen molar-refractivity contribution in [3.63, 3.8) is 0 Å². The van der Waals surface area contributed by atoms with Crippen LogP contribution in [0.1, 0.15) is 30.6 Å². The Morgan fingerprint density at radius 3 is 2.38 bits per heavy atom. The SMILES string of the molecule is CCc1ccc(C(O)C(CC(=O)O)NCCN(C)C)cc1. The second kappa shape index (κ2) is 8.77. The Kier molecular flexibility index (Phi) is 7.36.